The van der Waals surface area contributed by atoms with Crippen LogP contribution in [0.5, 0.6) is 0 Å². The van der Waals surface area contributed by atoms with E-state index < -0.39 is 11.8 Å². The number of hydrogen-bond acceptors (Lipinski definition) is 2. The second-order valence-corrected chi connectivity index (χ2v) is 3.84. The van der Waals surface area contributed by atoms with Gasteiger partial charge in [0.2, 0.25) is 0 Å². The molecule has 0 spiro atoms. The smallest absolute Gasteiger partial charge is 0.328 e. The lowest BCUT2D eigenvalue weighted by Crippen LogP contribution is -2.30. The summed E-state index contributed by atoms with van der Waals surface area (Å²) in [7, 11) is 0. The molecule has 2 rings (SSSR count). The lowest BCUT2D eigenvalue weighted by atomic mass is 10.3. The molecule has 1 N–H and O–H groups in total. The largest absolute Gasteiger partial charge is 0.329 e. The van der Waals surface area contributed by atoms with Crippen LogP contribution in [0.4, 0.5) is 14.9 Å². The number of hydrogen-bond donors (Lipinski definition) is 1. The number of rotatable bonds is 1. The first kappa shape index (κ1) is 10.1. The van der Waals surface area contributed by atoms with Crippen molar-refractivity contribution in [3.63, 3.8) is 0 Å². The van der Waals surface area contributed by atoms with E-state index in [-0.39, 0.29) is 12.5 Å². The number of urea groups is 1. The number of amides is 3. The zero-order valence-electron chi connectivity index (χ0n) is 7.46. The molecule has 1 aromatic rings. The van der Waals surface area contributed by atoms with Crippen LogP contribution in [0.15, 0.2) is 22.7 Å². The van der Waals surface area contributed by atoms with Gasteiger partial charge in [-0.1, -0.05) is 0 Å². The number of anilines is 1. The number of nitrogens with zero attached hydrogens (tertiary/aromatic N) is 1. The molecule has 78 valence electrons. The molecule has 1 fully saturated rings. The minimum atomic E-state index is -0.493. The van der Waals surface area contributed by atoms with Crippen LogP contribution in [-0.4, -0.2) is 18.5 Å². The average Bonchev–Trinajstić information content (AvgIpc) is 2.48. The second-order valence-electron chi connectivity index (χ2n) is 2.98. The Morgan fingerprint density at radius 2 is 2.13 bits per heavy atom. The number of nitrogens with one attached hydrogen (secondary N) is 1. The Balaban J connectivity index is 2.45. The van der Waals surface area contributed by atoms with Crippen molar-refractivity contribution in [2.75, 3.05) is 11.4 Å². The number of benzene rings is 1. The van der Waals surface area contributed by atoms with E-state index in [0.717, 1.165) is 4.90 Å². The normalized spacial score (nSPS) is 15.7. The predicted octanol–water partition coefficient (Wildman–Crippen LogP) is 1.64. The van der Waals surface area contributed by atoms with Gasteiger partial charge in [-0.3, -0.25) is 4.79 Å². The monoisotopic (exact) mass is 272 g/mol. The minimum absolute atomic E-state index is 0.0251. The van der Waals surface area contributed by atoms with Crippen molar-refractivity contribution in [1.29, 1.82) is 0 Å². The molecular weight excluding hydrogens is 267 g/mol. The molecule has 0 aliphatic carbocycles. The lowest BCUT2D eigenvalue weighted by molar-refractivity contribution is -0.115. The highest BCUT2D eigenvalue weighted by atomic mass is 79.9. The Morgan fingerprint density at radius 1 is 1.40 bits per heavy atom. The van der Waals surface area contributed by atoms with Crippen molar-refractivity contribution < 1.29 is 14.0 Å². The van der Waals surface area contributed by atoms with Gasteiger partial charge in [0.25, 0.3) is 5.91 Å². The van der Waals surface area contributed by atoms with E-state index in [9.17, 15) is 14.0 Å². The van der Waals surface area contributed by atoms with Gasteiger partial charge in [0.05, 0.1) is 12.2 Å². The Kier molecular flexibility index (Phi) is 2.44. The van der Waals surface area contributed by atoms with Crippen molar-refractivity contribution in [2.24, 2.45) is 0 Å². The lowest BCUT2D eigenvalue weighted by Gasteiger charge is -2.13. The van der Waals surface area contributed by atoms with Crippen LogP contribution < -0.4 is 10.2 Å². The summed E-state index contributed by atoms with van der Waals surface area (Å²) in [5, 5.41) is 2.38. The van der Waals surface area contributed by atoms with Crippen molar-refractivity contribution >= 4 is 33.6 Å². The summed E-state index contributed by atoms with van der Waals surface area (Å²) in [5.41, 5.74) is 0.344. The molecule has 1 saturated heterocycles. The third-order valence-electron chi connectivity index (χ3n) is 1.99. The molecule has 1 aliphatic heterocycles. The van der Waals surface area contributed by atoms with Gasteiger partial charge >= 0.3 is 6.03 Å². The van der Waals surface area contributed by atoms with Gasteiger partial charge in [-0.25, -0.2) is 14.1 Å². The standard InChI is InChI=1S/C9H6BrFN2O2/c10-6-3-5(11)1-2-7(6)13-8(14)4-12-9(13)15/h1-3H,4H2,(H,12,15). The molecule has 6 heteroatoms. The second kappa shape index (κ2) is 3.62. The molecule has 0 saturated carbocycles. The molecule has 4 nitrogen and oxygen atoms in total. The summed E-state index contributed by atoms with van der Waals surface area (Å²) in [6, 6.07) is 3.28. The van der Waals surface area contributed by atoms with Gasteiger partial charge < -0.3 is 5.32 Å². The van der Waals surface area contributed by atoms with Gasteiger partial charge in [-0.05, 0) is 34.1 Å². The SMILES string of the molecule is O=C1CNC(=O)N1c1ccc(F)cc1Br. The number of carbonyl (C=O) groups is 2. The van der Waals surface area contributed by atoms with E-state index in [1.807, 2.05) is 0 Å². The van der Waals surface area contributed by atoms with Crippen LogP contribution in [0, 0.1) is 5.82 Å². The van der Waals surface area contributed by atoms with E-state index in [1.54, 1.807) is 0 Å². The van der Waals surface area contributed by atoms with Gasteiger partial charge in [0, 0.05) is 4.47 Å². The number of halogens is 2. The fourth-order valence-electron chi connectivity index (χ4n) is 1.33. The maximum absolute atomic E-state index is 12.8. The van der Waals surface area contributed by atoms with Crippen LogP contribution >= 0.6 is 15.9 Å². The van der Waals surface area contributed by atoms with Gasteiger partial charge in [-0.15, -0.1) is 0 Å². The molecule has 1 aromatic carbocycles. The molecule has 3 amide bonds. The molecule has 0 unspecified atom stereocenters. The van der Waals surface area contributed by atoms with Gasteiger partial charge in [0.1, 0.15) is 5.82 Å². The van der Waals surface area contributed by atoms with Crippen molar-refractivity contribution in [2.45, 2.75) is 0 Å². The minimum Gasteiger partial charge on any atom is -0.328 e. The first-order valence-corrected chi connectivity index (χ1v) is 4.95. The highest BCUT2D eigenvalue weighted by Gasteiger charge is 2.31. The maximum atomic E-state index is 12.8. The van der Waals surface area contributed by atoms with Crippen molar-refractivity contribution in [3.8, 4) is 0 Å². The quantitative estimate of drug-likeness (QED) is 0.791. The fraction of sp³-hybridized carbons (Fsp3) is 0.111. The van der Waals surface area contributed by atoms with E-state index in [4.69, 9.17) is 0 Å². The molecule has 0 aromatic heterocycles. The summed E-state index contributed by atoms with van der Waals surface area (Å²) >= 11 is 3.10. The summed E-state index contributed by atoms with van der Waals surface area (Å²) in [4.78, 5) is 23.6. The Morgan fingerprint density at radius 3 is 2.67 bits per heavy atom. The van der Waals surface area contributed by atoms with E-state index in [1.165, 1.54) is 18.2 Å². The maximum Gasteiger partial charge on any atom is 0.329 e. The number of carbonyl (C=O) groups excluding carboxylic acids is 2. The first-order chi connectivity index (χ1) is 7.09. The third-order valence-corrected chi connectivity index (χ3v) is 2.63. The Labute approximate surface area is 93.2 Å². The summed E-state index contributed by atoms with van der Waals surface area (Å²) in [5.74, 6) is -0.787. The molecule has 15 heavy (non-hydrogen) atoms. The molecule has 1 aliphatic rings. The van der Waals surface area contributed by atoms with Crippen molar-refractivity contribution in [3.05, 3.63) is 28.5 Å². The molecule has 0 radical (unpaired) electrons. The van der Waals surface area contributed by atoms with Crippen LogP contribution in [0.3, 0.4) is 0 Å². The number of imide groups is 1. The van der Waals surface area contributed by atoms with Gasteiger partial charge in [0.15, 0.2) is 0 Å². The molecular formula is C9H6BrFN2O2. The average molecular weight is 273 g/mol. The van der Waals surface area contributed by atoms with Crippen molar-refractivity contribution in [1.82, 2.24) is 5.32 Å². The Hall–Kier alpha value is -1.43. The third kappa shape index (κ3) is 1.72. The van der Waals surface area contributed by atoms with Gasteiger partial charge in [-0.2, -0.15) is 0 Å². The van der Waals surface area contributed by atoms with E-state index in [0.29, 0.717) is 10.2 Å². The first-order valence-electron chi connectivity index (χ1n) is 4.15. The summed E-state index contributed by atoms with van der Waals surface area (Å²) in [6.45, 7) is -0.0251. The topological polar surface area (TPSA) is 49.4 Å². The zero-order valence-corrected chi connectivity index (χ0v) is 9.04. The van der Waals surface area contributed by atoms with E-state index in [2.05, 4.69) is 21.2 Å². The summed E-state index contributed by atoms with van der Waals surface area (Å²) < 4.78 is 13.2. The van der Waals surface area contributed by atoms with Crippen LogP contribution in [-0.2, 0) is 4.79 Å². The van der Waals surface area contributed by atoms with Crippen LogP contribution in [0.25, 0.3) is 0 Å². The van der Waals surface area contributed by atoms with Crippen LogP contribution in [0.1, 0.15) is 0 Å². The molecule has 0 bridgehead atoms. The van der Waals surface area contributed by atoms with E-state index >= 15 is 0 Å². The predicted molar refractivity (Wildman–Crippen MR) is 55.0 cm³/mol. The fourth-order valence-corrected chi connectivity index (χ4v) is 1.86. The molecule has 1 heterocycles. The summed E-state index contributed by atoms with van der Waals surface area (Å²) in [6.07, 6.45) is 0. The Bertz CT molecular complexity index is 434. The highest BCUT2D eigenvalue weighted by Crippen LogP contribution is 2.28. The molecule has 0 atom stereocenters. The highest BCUT2D eigenvalue weighted by molar-refractivity contribution is 9.10. The zero-order chi connectivity index (χ0) is 11.0. The van der Waals surface area contributed by atoms with Crippen LogP contribution in [0.2, 0.25) is 0 Å².